The summed E-state index contributed by atoms with van der Waals surface area (Å²) in [5, 5.41) is 16.6. The van der Waals surface area contributed by atoms with Crippen LogP contribution in [0.4, 0.5) is 5.13 Å². The van der Waals surface area contributed by atoms with Gasteiger partial charge in [-0.3, -0.25) is 9.48 Å². The number of carbonyl (C=O) groups excluding carboxylic acids is 1. The topological polar surface area (TPSA) is 97.1 Å². The first-order valence-corrected chi connectivity index (χ1v) is 6.68. The van der Waals surface area contributed by atoms with Crippen LogP contribution in [0.2, 0.25) is 0 Å². The summed E-state index contributed by atoms with van der Waals surface area (Å²) in [7, 11) is 1.85. The summed E-state index contributed by atoms with van der Waals surface area (Å²) in [6.07, 6.45) is 1.74. The second kappa shape index (κ2) is 5.41. The van der Waals surface area contributed by atoms with Crippen LogP contribution >= 0.6 is 11.3 Å². The van der Waals surface area contributed by atoms with Crippen molar-refractivity contribution in [3.8, 4) is 0 Å². The lowest BCUT2D eigenvalue weighted by atomic mass is 10.2. The molecule has 0 fully saturated rings. The van der Waals surface area contributed by atoms with Crippen LogP contribution in [0.3, 0.4) is 0 Å². The van der Waals surface area contributed by atoms with Gasteiger partial charge in [0.1, 0.15) is 4.88 Å². The Bertz CT molecular complexity index is 643. The minimum absolute atomic E-state index is 0.155. The number of carboxylic acid groups (broad SMARTS) is 1. The average Bonchev–Trinajstić information content (AvgIpc) is 2.94. The van der Waals surface area contributed by atoms with Crippen molar-refractivity contribution >= 4 is 28.2 Å². The number of aromatic nitrogens is 3. The molecular weight excluding hydrogens is 280 g/mol. The maximum atomic E-state index is 11.4. The standard InChI is InChI=1S/C12H14N4O3S/c1-6-8(5-14-16(6)3)4-13-12-15-9(11(18)19)10(20-12)7(2)17/h5H,4H2,1-3H3,(H,13,15)(H,18,19). The van der Waals surface area contributed by atoms with Crippen LogP contribution in [0.5, 0.6) is 0 Å². The highest BCUT2D eigenvalue weighted by Gasteiger charge is 2.20. The first kappa shape index (κ1) is 14.2. The van der Waals surface area contributed by atoms with Gasteiger partial charge in [-0.2, -0.15) is 5.10 Å². The van der Waals surface area contributed by atoms with Crippen molar-refractivity contribution in [2.45, 2.75) is 20.4 Å². The monoisotopic (exact) mass is 294 g/mol. The highest BCUT2D eigenvalue weighted by molar-refractivity contribution is 7.17. The highest BCUT2D eigenvalue weighted by Crippen LogP contribution is 2.24. The fourth-order valence-corrected chi connectivity index (χ4v) is 2.52. The Balaban J connectivity index is 2.18. The summed E-state index contributed by atoms with van der Waals surface area (Å²) < 4.78 is 1.75. The van der Waals surface area contributed by atoms with Gasteiger partial charge >= 0.3 is 5.97 Å². The first-order chi connectivity index (χ1) is 9.40. The number of carboxylic acids is 1. The van der Waals surface area contributed by atoms with E-state index in [1.165, 1.54) is 6.92 Å². The Kier molecular flexibility index (Phi) is 3.84. The van der Waals surface area contributed by atoms with Crippen LogP contribution in [0.1, 0.15) is 38.3 Å². The van der Waals surface area contributed by atoms with E-state index in [4.69, 9.17) is 5.11 Å². The molecule has 2 aromatic rings. The SMILES string of the molecule is CC(=O)c1sc(NCc2cnn(C)c2C)nc1C(=O)O. The Hall–Kier alpha value is -2.22. The summed E-state index contributed by atoms with van der Waals surface area (Å²) in [6.45, 7) is 3.74. The number of carbonyl (C=O) groups is 2. The second-order valence-electron chi connectivity index (χ2n) is 4.29. The molecule has 0 aliphatic heterocycles. The summed E-state index contributed by atoms with van der Waals surface area (Å²) in [5.74, 6) is -1.50. The fourth-order valence-electron chi connectivity index (χ4n) is 1.67. The molecule has 2 aromatic heterocycles. The third-order valence-electron chi connectivity index (χ3n) is 2.92. The van der Waals surface area contributed by atoms with E-state index in [1.807, 2.05) is 14.0 Å². The van der Waals surface area contributed by atoms with Crippen LogP contribution in [-0.4, -0.2) is 31.6 Å². The van der Waals surface area contributed by atoms with Gasteiger partial charge in [-0.05, 0) is 6.92 Å². The number of nitrogens with zero attached hydrogens (tertiary/aromatic N) is 3. The van der Waals surface area contributed by atoms with Crippen LogP contribution in [0.25, 0.3) is 0 Å². The predicted octanol–water partition coefficient (Wildman–Crippen LogP) is 1.70. The molecule has 8 heteroatoms. The van der Waals surface area contributed by atoms with E-state index in [-0.39, 0.29) is 16.4 Å². The molecule has 0 aliphatic rings. The first-order valence-electron chi connectivity index (χ1n) is 5.86. The molecule has 106 valence electrons. The zero-order valence-corrected chi connectivity index (χ0v) is 12.1. The van der Waals surface area contributed by atoms with E-state index in [0.29, 0.717) is 11.7 Å². The molecule has 0 atom stereocenters. The molecule has 0 aliphatic carbocycles. The molecule has 0 radical (unpaired) electrons. The number of hydrogen-bond acceptors (Lipinski definition) is 6. The maximum absolute atomic E-state index is 11.4. The van der Waals surface area contributed by atoms with Crippen LogP contribution in [0.15, 0.2) is 6.20 Å². The zero-order valence-electron chi connectivity index (χ0n) is 11.3. The number of ketones is 1. The Labute approximate surface area is 119 Å². The van der Waals surface area contributed by atoms with Crippen molar-refractivity contribution in [3.05, 3.63) is 28.0 Å². The van der Waals surface area contributed by atoms with Crippen molar-refractivity contribution in [2.24, 2.45) is 7.05 Å². The Morgan fingerprint density at radius 1 is 1.50 bits per heavy atom. The number of nitrogens with one attached hydrogen (secondary N) is 1. The number of Topliss-reactive ketones (excluding diaryl/α,β-unsaturated/α-hetero) is 1. The third-order valence-corrected chi connectivity index (χ3v) is 4.03. The van der Waals surface area contributed by atoms with Gasteiger partial charge in [-0.15, -0.1) is 0 Å². The normalized spacial score (nSPS) is 10.6. The molecule has 0 spiro atoms. The van der Waals surface area contributed by atoms with Gasteiger partial charge in [-0.25, -0.2) is 9.78 Å². The van der Waals surface area contributed by atoms with E-state index in [1.54, 1.807) is 10.9 Å². The average molecular weight is 294 g/mol. The molecule has 0 amide bonds. The zero-order chi connectivity index (χ0) is 14.9. The van der Waals surface area contributed by atoms with Gasteiger partial charge in [-0.1, -0.05) is 11.3 Å². The molecule has 2 heterocycles. The molecule has 2 rings (SSSR count). The summed E-state index contributed by atoms with van der Waals surface area (Å²) >= 11 is 1.05. The minimum atomic E-state index is -1.20. The van der Waals surface area contributed by atoms with Gasteiger partial charge in [0.2, 0.25) is 0 Å². The van der Waals surface area contributed by atoms with E-state index < -0.39 is 5.97 Å². The third kappa shape index (κ3) is 2.69. The number of hydrogen-bond donors (Lipinski definition) is 2. The van der Waals surface area contributed by atoms with Gasteiger partial charge in [0.15, 0.2) is 16.6 Å². The maximum Gasteiger partial charge on any atom is 0.356 e. The predicted molar refractivity (Wildman–Crippen MR) is 74.3 cm³/mol. The van der Waals surface area contributed by atoms with Crippen molar-refractivity contribution in [3.63, 3.8) is 0 Å². The summed E-state index contributed by atoms with van der Waals surface area (Å²) in [4.78, 5) is 26.5. The molecular formula is C12H14N4O3S. The second-order valence-corrected chi connectivity index (χ2v) is 5.29. The van der Waals surface area contributed by atoms with Crippen molar-refractivity contribution in [1.29, 1.82) is 0 Å². The van der Waals surface area contributed by atoms with E-state index in [2.05, 4.69) is 15.4 Å². The van der Waals surface area contributed by atoms with Crippen molar-refractivity contribution in [2.75, 3.05) is 5.32 Å². The molecule has 7 nitrogen and oxygen atoms in total. The minimum Gasteiger partial charge on any atom is -0.476 e. The molecule has 2 N–H and O–H groups in total. The smallest absolute Gasteiger partial charge is 0.356 e. The summed E-state index contributed by atoms with van der Waals surface area (Å²) in [6, 6.07) is 0. The lowest BCUT2D eigenvalue weighted by molar-refractivity contribution is 0.0687. The lowest BCUT2D eigenvalue weighted by Gasteiger charge is -2.01. The molecule has 0 bridgehead atoms. The van der Waals surface area contributed by atoms with Gasteiger partial charge < -0.3 is 10.4 Å². The number of thiazole rings is 1. The van der Waals surface area contributed by atoms with Crippen LogP contribution in [0, 0.1) is 6.92 Å². The number of aromatic carboxylic acids is 1. The molecule has 0 saturated carbocycles. The van der Waals surface area contributed by atoms with E-state index >= 15 is 0 Å². The molecule has 0 saturated heterocycles. The highest BCUT2D eigenvalue weighted by atomic mass is 32.1. The largest absolute Gasteiger partial charge is 0.476 e. The van der Waals surface area contributed by atoms with E-state index in [0.717, 1.165) is 22.6 Å². The molecule has 0 aromatic carbocycles. The lowest BCUT2D eigenvalue weighted by Crippen LogP contribution is -2.04. The number of anilines is 1. The summed E-state index contributed by atoms with van der Waals surface area (Å²) in [5.41, 5.74) is 1.80. The van der Waals surface area contributed by atoms with Crippen molar-refractivity contribution in [1.82, 2.24) is 14.8 Å². The number of aryl methyl sites for hydroxylation is 1. The number of rotatable bonds is 5. The Morgan fingerprint density at radius 3 is 2.65 bits per heavy atom. The van der Waals surface area contributed by atoms with E-state index in [9.17, 15) is 9.59 Å². The van der Waals surface area contributed by atoms with Crippen LogP contribution < -0.4 is 5.32 Å². The van der Waals surface area contributed by atoms with Crippen LogP contribution in [-0.2, 0) is 13.6 Å². The van der Waals surface area contributed by atoms with Crippen molar-refractivity contribution < 1.29 is 14.7 Å². The Morgan fingerprint density at radius 2 is 2.20 bits per heavy atom. The van der Waals surface area contributed by atoms with Gasteiger partial charge in [0, 0.05) is 31.8 Å². The van der Waals surface area contributed by atoms with Gasteiger partial charge in [0.25, 0.3) is 0 Å². The fraction of sp³-hybridized carbons (Fsp3) is 0.333. The quantitative estimate of drug-likeness (QED) is 0.815. The molecule has 20 heavy (non-hydrogen) atoms. The molecule has 0 unspecified atom stereocenters. The van der Waals surface area contributed by atoms with Gasteiger partial charge in [0.05, 0.1) is 6.20 Å².